The molecule has 100 valence electrons. The fraction of sp³-hybridized carbons (Fsp3) is 0.500. The van der Waals surface area contributed by atoms with Gasteiger partial charge in [-0.05, 0) is 25.8 Å². The summed E-state index contributed by atoms with van der Waals surface area (Å²) in [5.41, 5.74) is 6.50. The van der Waals surface area contributed by atoms with Gasteiger partial charge >= 0.3 is 0 Å². The van der Waals surface area contributed by atoms with Crippen LogP contribution in [0.25, 0.3) is 0 Å². The van der Waals surface area contributed by atoms with Gasteiger partial charge in [-0.2, -0.15) is 0 Å². The van der Waals surface area contributed by atoms with Crippen molar-refractivity contribution in [3.63, 3.8) is 0 Å². The van der Waals surface area contributed by atoms with E-state index in [4.69, 9.17) is 5.73 Å². The Morgan fingerprint density at radius 1 is 1.39 bits per heavy atom. The van der Waals surface area contributed by atoms with E-state index in [1.165, 1.54) is 0 Å². The van der Waals surface area contributed by atoms with Crippen molar-refractivity contribution in [3.8, 4) is 0 Å². The molecule has 0 aromatic heterocycles. The molecule has 0 bridgehead atoms. The van der Waals surface area contributed by atoms with Gasteiger partial charge in [0.05, 0.1) is 11.6 Å². The maximum Gasteiger partial charge on any atom is 0.244 e. The van der Waals surface area contributed by atoms with Gasteiger partial charge in [-0.3, -0.25) is 4.79 Å². The number of carbonyl (C=O) groups excluding carboxylic acids is 1. The number of para-hydroxylation sites is 1. The number of aliphatic hydroxyl groups is 1. The van der Waals surface area contributed by atoms with Crippen molar-refractivity contribution in [1.29, 1.82) is 0 Å². The lowest BCUT2D eigenvalue weighted by molar-refractivity contribution is -0.121. The van der Waals surface area contributed by atoms with Gasteiger partial charge in [0, 0.05) is 11.3 Å². The fourth-order valence-corrected chi connectivity index (χ4v) is 1.79. The lowest BCUT2D eigenvalue weighted by Crippen LogP contribution is -2.50. The second-order valence-electron chi connectivity index (χ2n) is 4.58. The lowest BCUT2D eigenvalue weighted by Gasteiger charge is -2.26. The van der Waals surface area contributed by atoms with Crippen molar-refractivity contribution < 1.29 is 9.90 Å². The summed E-state index contributed by atoms with van der Waals surface area (Å²) in [7, 11) is 0. The topological polar surface area (TPSA) is 75.4 Å². The highest BCUT2D eigenvalue weighted by Gasteiger charge is 2.30. The average Bonchev–Trinajstić information content (AvgIpc) is 2.38. The second-order valence-corrected chi connectivity index (χ2v) is 4.58. The van der Waals surface area contributed by atoms with Crippen LogP contribution in [0.2, 0.25) is 0 Å². The van der Waals surface area contributed by atoms with Gasteiger partial charge in [0.2, 0.25) is 5.91 Å². The molecule has 0 spiro atoms. The van der Waals surface area contributed by atoms with Crippen LogP contribution in [0, 0.1) is 0 Å². The molecule has 0 heterocycles. The van der Waals surface area contributed by atoms with E-state index in [2.05, 4.69) is 5.32 Å². The molecule has 4 N–H and O–H groups in total. The number of rotatable bonds is 5. The van der Waals surface area contributed by atoms with Gasteiger partial charge in [-0.25, -0.2) is 0 Å². The second kappa shape index (κ2) is 5.98. The third kappa shape index (κ3) is 3.09. The minimum atomic E-state index is -0.855. The van der Waals surface area contributed by atoms with Crippen molar-refractivity contribution in [2.45, 2.75) is 45.3 Å². The van der Waals surface area contributed by atoms with E-state index in [1.54, 1.807) is 19.1 Å². The zero-order valence-corrected chi connectivity index (χ0v) is 11.2. The average molecular weight is 250 g/mol. The van der Waals surface area contributed by atoms with E-state index in [-0.39, 0.29) is 5.91 Å². The first-order valence-corrected chi connectivity index (χ1v) is 6.32. The van der Waals surface area contributed by atoms with E-state index in [0.29, 0.717) is 24.1 Å². The molecule has 18 heavy (non-hydrogen) atoms. The summed E-state index contributed by atoms with van der Waals surface area (Å²) in [6.45, 7) is 5.45. The highest BCUT2D eigenvalue weighted by molar-refractivity contribution is 5.98. The number of aliphatic hydroxyl groups excluding tert-OH is 1. The molecule has 1 aromatic rings. The Bertz CT molecular complexity index is 412. The molecule has 4 heteroatoms. The van der Waals surface area contributed by atoms with Crippen LogP contribution in [-0.2, 0) is 4.79 Å². The number of nitrogens with one attached hydrogen (secondary N) is 1. The smallest absolute Gasteiger partial charge is 0.244 e. The summed E-state index contributed by atoms with van der Waals surface area (Å²) in [5.74, 6) is -0.208. The van der Waals surface area contributed by atoms with Gasteiger partial charge in [0.1, 0.15) is 0 Å². The molecule has 1 rings (SSSR count). The van der Waals surface area contributed by atoms with Crippen molar-refractivity contribution >= 4 is 11.6 Å². The van der Waals surface area contributed by atoms with Crippen molar-refractivity contribution in [2.24, 2.45) is 5.73 Å². The number of benzene rings is 1. The van der Waals surface area contributed by atoms with E-state index < -0.39 is 11.6 Å². The molecule has 1 amide bonds. The molecular weight excluding hydrogens is 228 g/mol. The largest absolute Gasteiger partial charge is 0.389 e. The third-order valence-corrected chi connectivity index (χ3v) is 3.37. The SMILES string of the molecule is CCC(N)(CC)C(=O)Nc1ccccc1C(C)O. The molecule has 1 unspecified atom stereocenters. The van der Waals surface area contributed by atoms with Gasteiger partial charge in [0.15, 0.2) is 0 Å². The lowest BCUT2D eigenvalue weighted by atomic mass is 9.93. The number of carbonyl (C=O) groups is 1. The molecule has 0 saturated carbocycles. The Kier molecular flexibility index (Phi) is 4.87. The Morgan fingerprint density at radius 2 is 1.94 bits per heavy atom. The zero-order valence-electron chi connectivity index (χ0n) is 11.2. The Morgan fingerprint density at radius 3 is 2.44 bits per heavy atom. The molecule has 0 saturated heterocycles. The molecule has 1 atom stereocenters. The molecule has 0 aliphatic heterocycles. The standard InChI is InChI=1S/C14H22N2O2/c1-4-14(15,5-2)13(18)16-12-9-7-6-8-11(12)10(3)17/h6-10,17H,4-5,15H2,1-3H3,(H,16,18). The quantitative estimate of drug-likeness (QED) is 0.750. The molecular formula is C14H22N2O2. The van der Waals surface area contributed by atoms with Gasteiger partial charge < -0.3 is 16.2 Å². The van der Waals surface area contributed by atoms with Gasteiger partial charge in [0.25, 0.3) is 0 Å². The fourth-order valence-electron chi connectivity index (χ4n) is 1.79. The first-order chi connectivity index (χ1) is 8.44. The molecule has 0 fully saturated rings. The van der Waals surface area contributed by atoms with Crippen molar-refractivity contribution in [2.75, 3.05) is 5.32 Å². The Balaban J connectivity index is 2.95. The first-order valence-electron chi connectivity index (χ1n) is 6.32. The van der Waals surface area contributed by atoms with Crippen LogP contribution in [0.4, 0.5) is 5.69 Å². The summed E-state index contributed by atoms with van der Waals surface area (Å²) < 4.78 is 0. The minimum absolute atomic E-state index is 0.208. The van der Waals surface area contributed by atoms with Crippen molar-refractivity contribution in [3.05, 3.63) is 29.8 Å². The number of anilines is 1. The zero-order chi connectivity index (χ0) is 13.8. The maximum atomic E-state index is 12.2. The first kappa shape index (κ1) is 14.7. The number of hydrogen-bond donors (Lipinski definition) is 3. The number of amides is 1. The number of nitrogens with two attached hydrogens (primary N) is 1. The van der Waals surface area contributed by atoms with Crippen LogP contribution in [0.3, 0.4) is 0 Å². The predicted octanol–water partition coefficient (Wildman–Crippen LogP) is 2.20. The van der Waals surface area contributed by atoms with Crippen LogP contribution in [0.15, 0.2) is 24.3 Å². The molecule has 0 radical (unpaired) electrons. The highest BCUT2D eigenvalue weighted by atomic mass is 16.3. The predicted molar refractivity (Wildman–Crippen MR) is 73.2 cm³/mol. The minimum Gasteiger partial charge on any atom is -0.389 e. The van der Waals surface area contributed by atoms with Crippen molar-refractivity contribution in [1.82, 2.24) is 0 Å². The summed E-state index contributed by atoms with van der Waals surface area (Å²) in [4.78, 5) is 12.2. The van der Waals surface area contributed by atoms with Crippen LogP contribution in [-0.4, -0.2) is 16.6 Å². The highest BCUT2D eigenvalue weighted by Crippen LogP contribution is 2.24. The third-order valence-electron chi connectivity index (χ3n) is 3.37. The Hall–Kier alpha value is -1.39. The van der Waals surface area contributed by atoms with Gasteiger partial charge in [-0.1, -0.05) is 32.0 Å². The van der Waals surface area contributed by atoms with Crippen LogP contribution in [0.1, 0.15) is 45.3 Å². The Labute approximate surface area is 108 Å². The van der Waals surface area contributed by atoms with E-state index in [9.17, 15) is 9.90 Å². The summed E-state index contributed by atoms with van der Waals surface area (Å²) in [6, 6.07) is 7.20. The molecule has 0 aliphatic carbocycles. The summed E-state index contributed by atoms with van der Waals surface area (Å²) in [5, 5.41) is 12.5. The molecule has 0 aliphatic rings. The summed E-state index contributed by atoms with van der Waals surface area (Å²) in [6.07, 6.45) is 0.523. The van der Waals surface area contributed by atoms with Crippen LogP contribution >= 0.6 is 0 Å². The van der Waals surface area contributed by atoms with Crippen LogP contribution < -0.4 is 11.1 Å². The van der Waals surface area contributed by atoms with E-state index >= 15 is 0 Å². The van der Waals surface area contributed by atoms with E-state index in [1.807, 2.05) is 26.0 Å². The van der Waals surface area contributed by atoms with Gasteiger partial charge in [-0.15, -0.1) is 0 Å². The normalized spacial score (nSPS) is 13.2. The molecule has 4 nitrogen and oxygen atoms in total. The number of hydrogen-bond acceptors (Lipinski definition) is 3. The van der Waals surface area contributed by atoms with Crippen LogP contribution in [0.5, 0.6) is 0 Å². The summed E-state index contributed by atoms with van der Waals surface area (Å²) >= 11 is 0. The molecule has 1 aromatic carbocycles. The maximum absolute atomic E-state index is 12.2. The van der Waals surface area contributed by atoms with E-state index in [0.717, 1.165) is 0 Å². The monoisotopic (exact) mass is 250 g/mol.